The predicted molar refractivity (Wildman–Crippen MR) is 104 cm³/mol. The number of hydrogen-bond donors (Lipinski definition) is 0. The standard InChI is InChI=1S/C17H20INO4S/c1-5-10(3)23-15-12(18)7-11(8-13(15)22-4)9-14-16(20)19(6-2)17(21)24-14/h7-10H,5-6H2,1-4H3/b14-9+/t10-/m1/s1. The third-order valence-electron chi connectivity index (χ3n) is 3.63. The van der Waals surface area contributed by atoms with Gasteiger partial charge in [0.05, 0.1) is 21.7 Å². The van der Waals surface area contributed by atoms with Crippen LogP contribution in [0.15, 0.2) is 17.0 Å². The second-order valence-corrected chi connectivity index (χ2v) is 7.45. The lowest BCUT2D eigenvalue weighted by molar-refractivity contribution is -0.122. The van der Waals surface area contributed by atoms with Crippen molar-refractivity contribution in [1.29, 1.82) is 0 Å². The van der Waals surface area contributed by atoms with E-state index in [9.17, 15) is 9.59 Å². The number of carbonyl (C=O) groups excluding carboxylic acids is 2. The molecule has 0 unspecified atom stereocenters. The minimum atomic E-state index is -0.249. The first kappa shape index (κ1) is 19.1. The van der Waals surface area contributed by atoms with Crippen LogP contribution in [0.25, 0.3) is 6.08 Å². The van der Waals surface area contributed by atoms with Gasteiger partial charge in [0.15, 0.2) is 11.5 Å². The molecule has 2 rings (SSSR count). The molecule has 1 aliphatic heterocycles. The van der Waals surface area contributed by atoms with Gasteiger partial charge in [0.1, 0.15) is 0 Å². The Kier molecular flexibility index (Phi) is 6.56. The number of thioether (sulfide) groups is 1. The Labute approximate surface area is 159 Å². The van der Waals surface area contributed by atoms with Crippen molar-refractivity contribution in [1.82, 2.24) is 4.90 Å². The van der Waals surface area contributed by atoms with E-state index >= 15 is 0 Å². The zero-order chi connectivity index (χ0) is 17.9. The number of hydrogen-bond acceptors (Lipinski definition) is 5. The Morgan fingerprint density at radius 3 is 2.58 bits per heavy atom. The van der Waals surface area contributed by atoms with Crippen molar-refractivity contribution in [3.05, 3.63) is 26.2 Å². The molecule has 0 aromatic heterocycles. The van der Waals surface area contributed by atoms with Crippen LogP contribution in [0.2, 0.25) is 0 Å². The summed E-state index contributed by atoms with van der Waals surface area (Å²) in [6.45, 7) is 6.23. The summed E-state index contributed by atoms with van der Waals surface area (Å²) in [4.78, 5) is 25.7. The molecule has 1 saturated heterocycles. The minimum absolute atomic E-state index is 0.0827. The number of amides is 2. The molecule has 0 radical (unpaired) electrons. The minimum Gasteiger partial charge on any atom is -0.493 e. The van der Waals surface area contributed by atoms with Gasteiger partial charge in [-0.2, -0.15) is 0 Å². The van der Waals surface area contributed by atoms with Crippen LogP contribution in [0.5, 0.6) is 11.5 Å². The number of likely N-dealkylation sites (N-methyl/N-ethyl adjacent to an activating group) is 1. The molecule has 24 heavy (non-hydrogen) atoms. The Balaban J connectivity index is 2.36. The molecule has 1 fully saturated rings. The molecule has 130 valence electrons. The fourth-order valence-corrected chi connectivity index (χ4v) is 3.80. The predicted octanol–water partition coefficient (Wildman–Crippen LogP) is 4.53. The maximum absolute atomic E-state index is 12.2. The molecular formula is C17H20INO4S. The average Bonchev–Trinajstić information content (AvgIpc) is 2.82. The van der Waals surface area contributed by atoms with Crippen molar-refractivity contribution in [2.45, 2.75) is 33.3 Å². The van der Waals surface area contributed by atoms with Gasteiger partial charge < -0.3 is 9.47 Å². The van der Waals surface area contributed by atoms with Crippen LogP contribution in [-0.4, -0.2) is 35.8 Å². The summed E-state index contributed by atoms with van der Waals surface area (Å²) in [5.74, 6) is 1.07. The monoisotopic (exact) mass is 461 g/mol. The van der Waals surface area contributed by atoms with Crippen molar-refractivity contribution < 1.29 is 19.1 Å². The molecule has 0 N–H and O–H groups in total. The highest BCUT2D eigenvalue weighted by molar-refractivity contribution is 14.1. The Morgan fingerprint density at radius 1 is 1.33 bits per heavy atom. The number of imide groups is 1. The van der Waals surface area contributed by atoms with Gasteiger partial charge in [-0.3, -0.25) is 14.5 Å². The molecule has 1 aliphatic rings. The van der Waals surface area contributed by atoms with Crippen LogP contribution in [0, 0.1) is 3.57 Å². The molecule has 0 aliphatic carbocycles. The Hall–Kier alpha value is -1.22. The van der Waals surface area contributed by atoms with E-state index in [1.165, 1.54) is 4.90 Å². The highest BCUT2D eigenvalue weighted by Gasteiger charge is 2.33. The van der Waals surface area contributed by atoms with Gasteiger partial charge in [-0.15, -0.1) is 0 Å². The van der Waals surface area contributed by atoms with Gasteiger partial charge >= 0.3 is 0 Å². The molecule has 0 bridgehead atoms. The first-order valence-electron chi connectivity index (χ1n) is 7.70. The highest BCUT2D eigenvalue weighted by Crippen LogP contribution is 2.37. The molecule has 5 nitrogen and oxygen atoms in total. The lowest BCUT2D eigenvalue weighted by Gasteiger charge is -2.17. The van der Waals surface area contributed by atoms with Crippen molar-refractivity contribution in [3.63, 3.8) is 0 Å². The molecule has 1 heterocycles. The first-order chi connectivity index (χ1) is 11.4. The number of carbonyl (C=O) groups is 2. The normalized spacial score (nSPS) is 17.5. The van der Waals surface area contributed by atoms with Crippen molar-refractivity contribution >= 4 is 51.6 Å². The number of rotatable bonds is 6. The van der Waals surface area contributed by atoms with E-state index in [-0.39, 0.29) is 17.3 Å². The van der Waals surface area contributed by atoms with Crippen LogP contribution >= 0.6 is 34.4 Å². The smallest absolute Gasteiger partial charge is 0.293 e. The first-order valence-corrected chi connectivity index (χ1v) is 9.60. The molecular weight excluding hydrogens is 441 g/mol. The van der Waals surface area contributed by atoms with Gasteiger partial charge in [0, 0.05) is 6.54 Å². The Morgan fingerprint density at radius 2 is 2.04 bits per heavy atom. The summed E-state index contributed by atoms with van der Waals surface area (Å²) in [5.41, 5.74) is 0.800. The summed E-state index contributed by atoms with van der Waals surface area (Å²) < 4.78 is 12.3. The van der Waals surface area contributed by atoms with Crippen LogP contribution in [0.3, 0.4) is 0 Å². The molecule has 2 amide bonds. The Bertz CT molecular complexity index is 689. The van der Waals surface area contributed by atoms with Crippen molar-refractivity contribution in [2.24, 2.45) is 0 Å². The van der Waals surface area contributed by atoms with Gasteiger partial charge in [-0.1, -0.05) is 6.92 Å². The zero-order valence-corrected chi connectivity index (χ0v) is 17.1. The quantitative estimate of drug-likeness (QED) is 0.460. The molecule has 1 atom stereocenters. The van der Waals surface area contributed by atoms with Gasteiger partial charge in [-0.05, 0) is 78.4 Å². The SMILES string of the molecule is CC[C@@H](C)Oc1c(I)cc(/C=C2/SC(=O)N(CC)C2=O)cc1OC. The third-order valence-corrected chi connectivity index (χ3v) is 5.34. The fraction of sp³-hybridized carbons (Fsp3) is 0.412. The molecule has 7 heteroatoms. The molecule has 0 saturated carbocycles. The number of ether oxygens (including phenoxy) is 2. The topological polar surface area (TPSA) is 55.8 Å². The second-order valence-electron chi connectivity index (χ2n) is 5.30. The van der Waals surface area contributed by atoms with Crippen LogP contribution < -0.4 is 9.47 Å². The zero-order valence-electron chi connectivity index (χ0n) is 14.1. The molecule has 1 aromatic rings. The largest absolute Gasteiger partial charge is 0.493 e. The molecule has 0 spiro atoms. The van der Waals surface area contributed by atoms with E-state index in [0.29, 0.717) is 22.9 Å². The van der Waals surface area contributed by atoms with E-state index in [4.69, 9.17) is 9.47 Å². The van der Waals surface area contributed by atoms with Gasteiger partial charge in [-0.25, -0.2) is 0 Å². The van der Waals surface area contributed by atoms with E-state index in [2.05, 4.69) is 29.5 Å². The fourth-order valence-electron chi connectivity index (χ4n) is 2.15. The summed E-state index contributed by atoms with van der Waals surface area (Å²) in [6.07, 6.45) is 2.70. The lowest BCUT2D eigenvalue weighted by Crippen LogP contribution is -2.27. The third kappa shape index (κ3) is 4.05. The maximum atomic E-state index is 12.2. The summed E-state index contributed by atoms with van der Waals surface area (Å²) in [5, 5.41) is -0.230. The van der Waals surface area contributed by atoms with Crippen molar-refractivity contribution in [3.8, 4) is 11.5 Å². The maximum Gasteiger partial charge on any atom is 0.293 e. The van der Waals surface area contributed by atoms with E-state index < -0.39 is 0 Å². The van der Waals surface area contributed by atoms with Crippen LogP contribution in [-0.2, 0) is 4.79 Å². The van der Waals surface area contributed by atoms with Gasteiger partial charge in [0.2, 0.25) is 0 Å². The molecule has 1 aromatic carbocycles. The number of halogens is 1. The van der Waals surface area contributed by atoms with Crippen LogP contribution in [0.4, 0.5) is 4.79 Å². The average molecular weight is 461 g/mol. The van der Waals surface area contributed by atoms with E-state index in [1.54, 1.807) is 20.1 Å². The second kappa shape index (κ2) is 8.24. The number of nitrogens with zero attached hydrogens (tertiary/aromatic N) is 1. The number of benzene rings is 1. The lowest BCUT2D eigenvalue weighted by atomic mass is 10.1. The summed E-state index contributed by atoms with van der Waals surface area (Å²) in [6, 6.07) is 3.74. The van der Waals surface area contributed by atoms with Crippen molar-refractivity contribution in [2.75, 3.05) is 13.7 Å². The van der Waals surface area contributed by atoms with E-state index in [0.717, 1.165) is 27.3 Å². The van der Waals surface area contributed by atoms with Crippen LogP contribution in [0.1, 0.15) is 32.8 Å². The summed E-state index contributed by atoms with van der Waals surface area (Å²) >= 11 is 3.15. The van der Waals surface area contributed by atoms with Gasteiger partial charge in [0.25, 0.3) is 11.1 Å². The van der Waals surface area contributed by atoms with E-state index in [1.807, 2.05) is 19.1 Å². The summed E-state index contributed by atoms with van der Waals surface area (Å²) in [7, 11) is 1.59. The number of methoxy groups -OCH3 is 1. The highest BCUT2D eigenvalue weighted by atomic mass is 127.